The van der Waals surface area contributed by atoms with Crippen molar-refractivity contribution in [3.05, 3.63) is 229 Å². The molecule has 6 rings (SSSR count). The summed E-state index contributed by atoms with van der Waals surface area (Å²) in [6, 6.07) is 43.7. The van der Waals surface area contributed by atoms with Crippen LogP contribution in [-0.4, -0.2) is 63.5 Å². The number of hydrogen-bond acceptors (Lipinski definition) is 17. The molecule has 1 unspecified atom stereocenters. The third kappa shape index (κ3) is 15.6. The van der Waals surface area contributed by atoms with Gasteiger partial charge in [-0.25, -0.2) is 0 Å². The first-order valence-electron chi connectivity index (χ1n) is 20.2. The lowest BCUT2D eigenvalue weighted by Crippen LogP contribution is -2.30. The molecule has 0 aliphatic carbocycles. The predicted molar refractivity (Wildman–Crippen MR) is 245 cm³/mol. The smallest absolute Gasteiger partial charge is 0.324 e. The Labute approximate surface area is 385 Å². The highest BCUT2D eigenvalue weighted by molar-refractivity contribution is 5.95. The van der Waals surface area contributed by atoms with Crippen molar-refractivity contribution < 1.29 is 44.5 Å². The number of carbonyl (C=O) groups excluding carboxylic acids is 1. The number of nitrogens with one attached hydrogen (secondary N) is 1. The minimum atomic E-state index is -1.21. The Balaban J connectivity index is 0.000000260. The zero-order valence-electron chi connectivity index (χ0n) is 35.7. The molecule has 352 valence electrons. The lowest BCUT2D eigenvalue weighted by molar-refractivity contribution is -0.404. The fourth-order valence-electron chi connectivity index (χ4n) is 6.52. The summed E-state index contributed by atoms with van der Waals surface area (Å²) in [5, 5.41) is 84.2. The molecule has 0 saturated carbocycles. The number of phenols is 2. The lowest BCUT2D eigenvalue weighted by Gasteiger charge is -2.26. The monoisotopic (exact) mass is 934 g/mol. The number of Topliss-reactive ketones (excluding diaryl/α,β-unsaturated/α-hetero) is 1. The van der Waals surface area contributed by atoms with Crippen LogP contribution < -0.4 is 5.32 Å². The van der Waals surface area contributed by atoms with E-state index in [1.54, 1.807) is 0 Å². The van der Waals surface area contributed by atoms with Crippen LogP contribution in [0.15, 0.2) is 146 Å². The zero-order valence-corrected chi connectivity index (χ0v) is 35.7. The average Bonchev–Trinajstić information content (AvgIpc) is 3.32. The molecule has 0 radical (unpaired) electrons. The molecule has 0 saturated heterocycles. The van der Waals surface area contributed by atoms with Crippen molar-refractivity contribution in [2.75, 3.05) is 13.1 Å². The van der Waals surface area contributed by atoms with Gasteiger partial charge in [0.05, 0.1) is 53.8 Å². The van der Waals surface area contributed by atoms with Gasteiger partial charge in [0.25, 0.3) is 22.9 Å². The molecule has 23 nitrogen and oxygen atoms in total. The number of hydrogen-bond donors (Lipinski definition) is 3. The molecule has 0 spiro atoms. The summed E-state index contributed by atoms with van der Waals surface area (Å²) in [5.41, 5.74) is -1.24. The van der Waals surface area contributed by atoms with E-state index in [-0.39, 0.29) is 11.8 Å². The topological polar surface area (TPSA) is 332 Å². The fourth-order valence-corrected chi connectivity index (χ4v) is 6.52. The lowest BCUT2D eigenvalue weighted by atomic mass is 10.0. The van der Waals surface area contributed by atoms with E-state index >= 15 is 0 Å². The van der Waals surface area contributed by atoms with Crippen molar-refractivity contribution >= 4 is 39.9 Å². The van der Waals surface area contributed by atoms with Gasteiger partial charge in [0.1, 0.15) is 0 Å². The number of nitrogens with zero attached hydrogens (tertiary/aromatic N) is 7. The van der Waals surface area contributed by atoms with E-state index in [2.05, 4.69) is 101 Å². The second-order valence-electron chi connectivity index (χ2n) is 14.5. The molecule has 0 amide bonds. The molecular weight excluding hydrogens is 893 g/mol. The van der Waals surface area contributed by atoms with Crippen molar-refractivity contribution in [1.82, 2.24) is 10.2 Å². The van der Waals surface area contributed by atoms with Crippen molar-refractivity contribution in [3.8, 4) is 11.5 Å². The number of rotatable bonds is 20. The number of nitro benzene ring substituents is 6. The summed E-state index contributed by atoms with van der Waals surface area (Å²) in [7, 11) is 0. The minimum Gasteiger partial charge on any atom is -0.497 e. The van der Waals surface area contributed by atoms with Gasteiger partial charge in [-0.2, -0.15) is 0 Å². The molecular formula is C45H42N8O15. The van der Waals surface area contributed by atoms with Crippen LogP contribution >= 0.6 is 0 Å². The second-order valence-corrected chi connectivity index (χ2v) is 14.5. The number of phenolic OH excluding ortho intramolecular Hbond substituents is 2. The summed E-state index contributed by atoms with van der Waals surface area (Å²) in [6.07, 6.45) is 2.39. The Morgan fingerprint density at radius 1 is 0.515 bits per heavy atom. The van der Waals surface area contributed by atoms with Gasteiger partial charge in [-0.1, -0.05) is 121 Å². The molecule has 68 heavy (non-hydrogen) atoms. The standard InChI is InChI=1S/C33H36N2O.2C6H3N3O7/c36-33(31-20-11-4-12-21-31)22-13-24-34-32(30-18-9-3-10-19-30)23-25-35(26-28-14-5-1-6-15-28)27-29-16-7-2-8-17-29;2*10-6-4(8(13)14)1-3(7(11)12)2-5(6)9(15)16/h1-12,14-21,32,34H,13,22-27H2;2*1-2,10H. The van der Waals surface area contributed by atoms with Gasteiger partial charge < -0.3 is 15.5 Å². The van der Waals surface area contributed by atoms with Crippen molar-refractivity contribution in [3.63, 3.8) is 0 Å². The number of non-ortho nitro benzene ring substituents is 2. The van der Waals surface area contributed by atoms with E-state index in [4.69, 9.17) is 10.2 Å². The van der Waals surface area contributed by atoms with Gasteiger partial charge in [-0.15, -0.1) is 0 Å². The third-order valence-electron chi connectivity index (χ3n) is 9.82. The molecule has 0 aliphatic rings. The van der Waals surface area contributed by atoms with Crippen molar-refractivity contribution in [2.24, 2.45) is 0 Å². The van der Waals surface area contributed by atoms with Gasteiger partial charge in [0, 0.05) is 37.7 Å². The molecule has 6 aromatic rings. The van der Waals surface area contributed by atoms with Crippen LogP contribution in [0, 0.1) is 60.7 Å². The van der Waals surface area contributed by atoms with Crippen LogP contribution in [0.4, 0.5) is 34.1 Å². The molecule has 3 N–H and O–H groups in total. The maximum absolute atomic E-state index is 12.5. The quantitative estimate of drug-likeness (QED) is 0.0278. The molecule has 0 bridgehead atoms. The summed E-state index contributed by atoms with van der Waals surface area (Å²) < 4.78 is 0. The van der Waals surface area contributed by atoms with Crippen LogP contribution in [0.3, 0.4) is 0 Å². The summed E-state index contributed by atoms with van der Waals surface area (Å²) in [4.78, 5) is 70.6. The molecule has 0 heterocycles. The van der Waals surface area contributed by atoms with E-state index in [1.165, 1.54) is 16.7 Å². The Hall–Kier alpha value is -9.09. The number of benzene rings is 6. The highest BCUT2D eigenvalue weighted by atomic mass is 16.7. The number of carbonyl (C=O) groups is 1. The zero-order chi connectivity index (χ0) is 49.8. The maximum Gasteiger partial charge on any atom is 0.324 e. The largest absolute Gasteiger partial charge is 0.497 e. The predicted octanol–water partition coefficient (Wildman–Crippen LogP) is 9.31. The summed E-state index contributed by atoms with van der Waals surface area (Å²) >= 11 is 0. The number of nitro groups is 6. The van der Waals surface area contributed by atoms with Crippen molar-refractivity contribution in [1.29, 1.82) is 0 Å². The number of aromatic hydroxyl groups is 2. The van der Waals surface area contributed by atoms with E-state index in [0.717, 1.165) is 44.6 Å². The van der Waals surface area contributed by atoms with Crippen LogP contribution in [0.1, 0.15) is 52.4 Å². The Morgan fingerprint density at radius 2 is 0.868 bits per heavy atom. The Bertz CT molecular complexity index is 2510. The molecule has 6 aromatic carbocycles. The fraction of sp³-hybridized carbons (Fsp3) is 0.178. The van der Waals surface area contributed by atoms with E-state index < -0.39 is 75.2 Å². The molecule has 0 fully saturated rings. The van der Waals surface area contributed by atoms with Crippen LogP contribution in [0.2, 0.25) is 0 Å². The first-order chi connectivity index (χ1) is 32.5. The van der Waals surface area contributed by atoms with Gasteiger partial charge >= 0.3 is 22.7 Å². The highest BCUT2D eigenvalue weighted by Crippen LogP contribution is 2.40. The first-order valence-corrected chi connectivity index (χ1v) is 20.2. The van der Waals surface area contributed by atoms with Crippen LogP contribution in [0.5, 0.6) is 11.5 Å². The van der Waals surface area contributed by atoms with Crippen molar-refractivity contribution in [2.45, 2.75) is 38.4 Å². The average molecular weight is 935 g/mol. The molecule has 0 aromatic heterocycles. The first kappa shape index (κ1) is 51.5. The van der Waals surface area contributed by atoms with E-state index in [1.807, 2.05) is 30.3 Å². The normalized spacial score (nSPS) is 10.9. The highest BCUT2D eigenvalue weighted by Gasteiger charge is 2.31. The van der Waals surface area contributed by atoms with Crippen LogP contribution in [-0.2, 0) is 13.1 Å². The van der Waals surface area contributed by atoms with E-state index in [9.17, 15) is 65.5 Å². The molecule has 0 aliphatic heterocycles. The van der Waals surface area contributed by atoms with Gasteiger partial charge in [-0.3, -0.25) is 70.4 Å². The van der Waals surface area contributed by atoms with E-state index in [0.29, 0.717) is 30.7 Å². The van der Waals surface area contributed by atoms with Gasteiger partial charge in [0.2, 0.25) is 0 Å². The maximum atomic E-state index is 12.5. The Kier molecular flexibility index (Phi) is 19.3. The second kappa shape index (κ2) is 25.4. The summed E-state index contributed by atoms with van der Waals surface area (Å²) in [5.74, 6) is -2.20. The summed E-state index contributed by atoms with van der Waals surface area (Å²) in [6.45, 7) is 3.63. The Morgan fingerprint density at radius 3 is 1.22 bits per heavy atom. The van der Waals surface area contributed by atoms with Gasteiger partial charge in [0.15, 0.2) is 5.78 Å². The van der Waals surface area contributed by atoms with Gasteiger partial charge in [-0.05, 0) is 36.1 Å². The third-order valence-corrected chi connectivity index (χ3v) is 9.82. The minimum absolute atomic E-state index is 0.213. The number of ketones is 1. The molecule has 23 heteroatoms. The van der Waals surface area contributed by atoms with Crippen LogP contribution in [0.25, 0.3) is 0 Å². The SMILES string of the molecule is O=C(CCCNC(CCN(Cc1ccccc1)Cc1ccccc1)c1ccccc1)c1ccccc1.O=[N+]([O-])c1cc([N+](=O)[O-])c(O)c([N+](=O)[O-])c1.O=[N+]([O-])c1cc([N+](=O)[O-])c(O)c([N+](=O)[O-])c1. The molecule has 1 atom stereocenters.